The van der Waals surface area contributed by atoms with Crippen LogP contribution >= 0.6 is 0 Å². The van der Waals surface area contributed by atoms with Crippen molar-refractivity contribution in [3.8, 4) is 0 Å². The third-order valence-corrected chi connectivity index (χ3v) is 2.97. The molecular weight excluding hydrogens is 218 g/mol. The van der Waals surface area contributed by atoms with Crippen LogP contribution in [0.1, 0.15) is 33.1 Å². The van der Waals surface area contributed by atoms with Crippen molar-refractivity contribution < 1.29 is 9.59 Å². The smallest absolute Gasteiger partial charge is 0.242 e. The molecule has 1 rings (SSSR count). The third-order valence-electron chi connectivity index (χ3n) is 2.97. The molecule has 1 saturated heterocycles. The number of amides is 2. The maximum absolute atomic E-state index is 11.9. The number of hydrogen-bond acceptors (Lipinski definition) is 3. The van der Waals surface area contributed by atoms with Gasteiger partial charge in [0.2, 0.25) is 11.8 Å². The fourth-order valence-corrected chi connectivity index (χ4v) is 1.87. The Morgan fingerprint density at radius 3 is 2.82 bits per heavy atom. The van der Waals surface area contributed by atoms with Crippen molar-refractivity contribution in [3.05, 3.63) is 0 Å². The minimum atomic E-state index is -0.448. The molecular formula is C12H23N3O2. The molecule has 0 aromatic heterocycles. The zero-order valence-corrected chi connectivity index (χ0v) is 10.7. The van der Waals surface area contributed by atoms with Gasteiger partial charge in [0.05, 0.1) is 5.92 Å². The van der Waals surface area contributed by atoms with Crippen LogP contribution in [0.5, 0.6) is 0 Å². The van der Waals surface area contributed by atoms with Crippen LogP contribution in [-0.2, 0) is 9.59 Å². The summed E-state index contributed by atoms with van der Waals surface area (Å²) in [5, 5.41) is 8.73. The molecule has 0 saturated carbocycles. The molecule has 5 heteroatoms. The first-order valence-corrected chi connectivity index (χ1v) is 6.44. The molecule has 5 nitrogen and oxygen atoms in total. The maximum atomic E-state index is 11.9. The van der Waals surface area contributed by atoms with E-state index in [1.54, 1.807) is 6.92 Å². The van der Waals surface area contributed by atoms with Gasteiger partial charge in [-0.1, -0.05) is 6.92 Å². The lowest BCUT2D eigenvalue weighted by atomic mass is 9.98. The molecule has 1 aliphatic heterocycles. The first-order valence-electron chi connectivity index (χ1n) is 6.44. The molecule has 0 radical (unpaired) electrons. The number of rotatable bonds is 5. The summed E-state index contributed by atoms with van der Waals surface area (Å²) in [5.41, 5.74) is 0. The Hall–Kier alpha value is -1.10. The molecule has 0 bridgehead atoms. The van der Waals surface area contributed by atoms with Crippen LogP contribution < -0.4 is 16.0 Å². The second-order valence-corrected chi connectivity index (χ2v) is 4.56. The van der Waals surface area contributed by atoms with Crippen LogP contribution in [0.15, 0.2) is 0 Å². The second-order valence-electron chi connectivity index (χ2n) is 4.56. The van der Waals surface area contributed by atoms with E-state index in [0.717, 1.165) is 32.4 Å². The molecule has 0 aromatic rings. The van der Waals surface area contributed by atoms with Crippen molar-refractivity contribution in [2.45, 2.75) is 39.2 Å². The lowest BCUT2D eigenvalue weighted by Crippen LogP contribution is -2.49. The van der Waals surface area contributed by atoms with Crippen molar-refractivity contribution in [3.63, 3.8) is 0 Å². The molecule has 0 aliphatic carbocycles. The summed E-state index contributed by atoms with van der Waals surface area (Å²) in [5.74, 6) is -0.120. The van der Waals surface area contributed by atoms with Crippen molar-refractivity contribution in [2.75, 3.05) is 19.6 Å². The number of carbonyl (C=O) groups excluding carboxylic acids is 2. The van der Waals surface area contributed by atoms with Gasteiger partial charge < -0.3 is 16.0 Å². The number of nitrogens with one attached hydrogen (secondary N) is 3. The summed E-state index contributed by atoms with van der Waals surface area (Å²) in [4.78, 5) is 23.4. The monoisotopic (exact) mass is 241 g/mol. The first kappa shape index (κ1) is 14.0. The Labute approximate surface area is 103 Å². The van der Waals surface area contributed by atoms with E-state index in [0.29, 0.717) is 6.54 Å². The van der Waals surface area contributed by atoms with E-state index in [4.69, 9.17) is 0 Å². The average Bonchev–Trinajstić information content (AvgIpc) is 2.36. The SMILES string of the molecule is CCCNC(=O)C(C)NC(=O)C1CCCNC1. The van der Waals surface area contributed by atoms with Crippen molar-refractivity contribution in [2.24, 2.45) is 5.92 Å². The zero-order chi connectivity index (χ0) is 12.7. The summed E-state index contributed by atoms with van der Waals surface area (Å²) in [6, 6.07) is -0.448. The second kappa shape index (κ2) is 7.27. The topological polar surface area (TPSA) is 70.2 Å². The van der Waals surface area contributed by atoms with E-state index >= 15 is 0 Å². The van der Waals surface area contributed by atoms with Gasteiger partial charge in [-0.3, -0.25) is 9.59 Å². The van der Waals surface area contributed by atoms with Crippen LogP contribution in [-0.4, -0.2) is 37.5 Å². The fourth-order valence-electron chi connectivity index (χ4n) is 1.87. The van der Waals surface area contributed by atoms with Crippen LogP contribution in [0.3, 0.4) is 0 Å². The van der Waals surface area contributed by atoms with Gasteiger partial charge in [-0.25, -0.2) is 0 Å². The lowest BCUT2D eigenvalue weighted by molar-refractivity contribution is -0.131. The van der Waals surface area contributed by atoms with Gasteiger partial charge >= 0.3 is 0 Å². The Bertz CT molecular complexity index is 262. The van der Waals surface area contributed by atoms with Crippen molar-refractivity contribution in [1.29, 1.82) is 0 Å². The summed E-state index contributed by atoms with van der Waals surface area (Å²) in [6.07, 6.45) is 2.83. The highest BCUT2D eigenvalue weighted by Crippen LogP contribution is 2.09. The summed E-state index contributed by atoms with van der Waals surface area (Å²) in [6.45, 7) is 6.08. The van der Waals surface area contributed by atoms with E-state index in [9.17, 15) is 9.59 Å². The Kier molecular flexibility index (Phi) is 5.97. The predicted molar refractivity (Wildman–Crippen MR) is 66.5 cm³/mol. The summed E-state index contributed by atoms with van der Waals surface area (Å²) >= 11 is 0. The van der Waals surface area contributed by atoms with E-state index in [1.807, 2.05) is 6.92 Å². The highest BCUT2D eigenvalue weighted by Gasteiger charge is 2.23. The third kappa shape index (κ3) is 4.73. The molecule has 2 atom stereocenters. The molecule has 17 heavy (non-hydrogen) atoms. The Morgan fingerprint density at radius 2 is 2.24 bits per heavy atom. The normalized spacial score (nSPS) is 21.6. The Balaban J connectivity index is 2.31. The van der Waals surface area contributed by atoms with E-state index in [1.165, 1.54) is 0 Å². The molecule has 1 aliphatic rings. The van der Waals surface area contributed by atoms with Crippen LogP contribution in [0.2, 0.25) is 0 Å². The quantitative estimate of drug-likeness (QED) is 0.635. The van der Waals surface area contributed by atoms with Gasteiger partial charge in [0, 0.05) is 13.1 Å². The summed E-state index contributed by atoms with van der Waals surface area (Å²) < 4.78 is 0. The zero-order valence-electron chi connectivity index (χ0n) is 10.7. The first-order chi connectivity index (χ1) is 8.15. The van der Waals surface area contributed by atoms with Crippen LogP contribution in [0, 0.1) is 5.92 Å². The van der Waals surface area contributed by atoms with Crippen LogP contribution in [0.4, 0.5) is 0 Å². The molecule has 0 spiro atoms. The van der Waals surface area contributed by atoms with E-state index < -0.39 is 6.04 Å². The molecule has 0 aromatic carbocycles. The molecule has 98 valence electrons. The predicted octanol–water partition coefficient (Wildman–Crippen LogP) is 0.0169. The molecule has 1 fully saturated rings. The van der Waals surface area contributed by atoms with Crippen LogP contribution in [0.25, 0.3) is 0 Å². The minimum Gasteiger partial charge on any atom is -0.354 e. The number of carbonyl (C=O) groups is 2. The van der Waals surface area contributed by atoms with Gasteiger partial charge in [0.15, 0.2) is 0 Å². The van der Waals surface area contributed by atoms with Gasteiger partial charge in [-0.15, -0.1) is 0 Å². The van der Waals surface area contributed by atoms with Gasteiger partial charge in [-0.05, 0) is 32.7 Å². The molecule has 1 heterocycles. The average molecular weight is 241 g/mol. The minimum absolute atomic E-state index is 0.00479. The van der Waals surface area contributed by atoms with Gasteiger partial charge in [-0.2, -0.15) is 0 Å². The van der Waals surface area contributed by atoms with E-state index in [2.05, 4.69) is 16.0 Å². The lowest BCUT2D eigenvalue weighted by Gasteiger charge is -2.23. The van der Waals surface area contributed by atoms with Gasteiger partial charge in [0.1, 0.15) is 6.04 Å². The highest BCUT2D eigenvalue weighted by molar-refractivity contribution is 5.88. The molecule has 3 N–H and O–H groups in total. The largest absolute Gasteiger partial charge is 0.354 e. The molecule has 2 unspecified atom stereocenters. The fraction of sp³-hybridized carbons (Fsp3) is 0.833. The van der Waals surface area contributed by atoms with Crippen molar-refractivity contribution >= 4 is 11.8 Å². The van der Waals surface area contributed by atoms with E-state index in [-0.39, 0.29) is 17.7 Å². The Morgan fingerprint density at radius 1 is 1.47 bits per heavy atom. The van der Waals surface area contributed by atoms with Crippen molar-refractivity contribution in [1.82, 2.24) is 16.0 Å². The number of hydrogen-bond donors (Lipinski definition) is 3. The standard InChI is InChI=1S/C12H23N3O2/c1-3-6-14-11(16)9(2)15-12(17)10-5-4-7-13-8-10/h9-10,13H,3-8H2,1-2H3,(H,14,16)(H,15,17). The van der Waals surface area contributed by atoms with Gasteiger partial charge in [0.25, 0.3) is 0 Å². The highest BCUT2D eigenvalue weighted by atomic mass is 16.2. The summed E-state index contributed by atoms with van der Waals surface area (Å²) in [7, 11) is 0. The number of piperidine rings is 1. The molecule has 2 amide bonds. The maximum Gasteiger partial charge on any atom is 0.242 e.